The number of methoxy groups -OCH3 is 1. The number of hydrogen-bond donors (Lipinski definition) is 1. The summed E-state index contributed by atoms with van der Waals surface area (Å²) in [6.07, 6.45) is 0. The fourth-order valence-electron chi connectivity index (χ4n) is 2.78. The molecule has 0 saturated carbocycles. The third-order valence-corrected chi connectivity index (χ3v) is 4.12. The molecule has 1 heterocycles. The van der Waals surface area contributed by atoms with E-state index in [-0.39, 0.29) is 11.6 Å². The zero-order chi connectivity index (χ0) is 18.8. The molecule has 0 aliphatic rings. The summed E-state index contributed by atoms with van der Waals surface area (Å²) in [6, 6.07) is 18.1. The van der Waals surface area contributed by atoms with Crippen LogP contribution in [0.25, 0.3) is 22.3 Å². The van der Waals surface area contributed by atoms with Gasteiger partial charge in [-0.1, -0.05) is 12.1 Å². The summed E-state index contributed by atoms with van der Waals surface area (Å²) in [5, 5.41) is 3.93. The van der Waals surface area contributed by atoms with Gasteiger partial charge < -0.3 is 10.1 Å². The third-order valence-electron chi connectivity index (χ3n) is 4.12. The van der Waals surface area contributed by atoms with Gasteiger partial charge in [-0.25, -0.2) is 18.7 Å². The minimum absolute atomic E-state index is 0.167. The molecule has 134 valence electrons. The first-order chi connectivity index (χ1) is 13.1. The van der Waals surface area contributed by atoms with Gasteiger partial charge in [0.2, 0.25) is 0 Å². The van der Waals surface area contributed by atoms with Crippen LogP contribution >= 0.6 is 0 Å². The Labute approximate surface area is 154 Å². The van der Waals surface area contributed by atoms with Crippen LogP contribution in [0.4, 0.5) is 20.3 Å². The van der Waals surface area contributed by atoms with E-state index in [9.17, 15) is 8.78 Å². The van der Waals surface area contributed by atoms with Crippen molar-refractivity contribution >= 4 is 22.4 Å². The summed E-state index contributed by atoms with van der Waals surface area (Å²) in [7, 11) is 1.42. The summed E-state index contributed by atoms with van der Waals surface area (Å²) in [6.45, 7) is 0. The predicted octanol–water partition coefficient (Wildman–Crippen LogP) is 5.33. The molecule has 27 heavy (non-hydrogen) atoms. The van der Waals surface area contributed by atoms with Gasteiger partial charge in [0.05, 0.1) is 12.6 Å². The summed E-state index contributed by atoms with van der Waals surface area (Å²) in [4.78, 5) is 9.12. The Kier molecular flexibility index (Phi) is 4.38. The van der Waals surface area contributed by atoms with Crippen LogP contribution in [-0.2, 0) is 0 Å². The second-order valence-electron chi connectivity index (χ2n) is 5.89. The van der Waals surface area contributed by atoms with Gasteiger partial charge >= 0.3 is 0 Å². The number of ether oxygens (including phenoxy) is 1. The van der Waals surface area contributed by atoms with E-state index in [4.69, 9.17) is 4.74 Å². The summed E-state index contributed by atoms with van der Waals surface area (Å²) in [5.74, 6) is 0.348. The molecule has 3 aromatic carbocycles. The highest BCUT2D eigenvalue weighted by Crippen LogP contribution is 2.29. The van der Waals surface area contributed by atoms with E-state index >= 15 is 0 Å². The van der Waals surface area contributed by atoms with Crippen LogP contribution in [0.1, 0.15) is 0 Å². The highest BCUT2D eigenvalue weighted by atomic mass is 19.1. The Hall–Kier alpha value is -3.54. The number of aromatic nitrogens is 2. The van der Waals surface area contributed by atoms with Crippen LogP contribution in [0.2, 0.25) is 0 Å². The Morgan fingerprint density at radius 3 is 2.41 bits per heavy atom. The second kappa shape index (κ2) is 6.99. The number of nitrogens with zero attached hydrogens (tertiary/aromatic N) is 2. The number of benzene rings is 3. The predicted molar refractivity (Wildman–Crippen MR) is 101 cm³/mol. The standard InChI is InChI=1S/C21H15F2N3O/c1-27-19-11-10-15(12-17(19)23)24-21-16-4-2-3-5-18(16)25-20(26-21)13-6-8-14(22)9-7-13/h2-12H,1H3,(H,24,25,26). The van der Waals surface area contributed by atoms with E-state index in [0.717, 1.165) is 10.9 Å². The van der Waals surface area contributed by atoms with E-state index in [1.54, 1.807) is 24.3 Å². The van der Waals surface area contributed by atoms with E-state index in [1.165, 1.54) is 25.3 Å². The van der Waals surface area contributed by atoms with Gasteiger partial charge in [0.15, 0.2) is 17.4 Å². The topological polar surface area (TPSA) is 47.0 Å². The van der Waals surface area contributed by atoms with Gasteiger partial charge in [0.1, 0.15) is 11.6 Å². The number of hydrogen-bond acceptors (Lipinski definition) is 4. The highest BCUT2D eigenvalue weighted by molar-refractivity contribution is 5.92. The molecule has 0 radical (unpaired) electrons. The molecule has 0 fully saturated rings. The molecule has 1 aromatic heterocycles. The van der Waals surface area contributed by atoms with Gasteiger partial charge in [-0.2, -0.15) is 0 Å². The number of rotatable bonds is 4. The Morgan fingerprint density at radius 1 is 0.889 bits per heavy atom. The molecule has 4 nitrogen and oxygen atoms in total. The van der Waals surface area contributed by atoms with Crippen LogP contribution in [0.3, 0.4) is 0 Å². The molecule has 4 aromatic rings. The number of nitrogens with one attached hydrogen (secondary N) is 1. The maximum absolute atomic E-state index is 14.0. The van der Waals surface area contributed by atoms with Crippen molar-refractivity contribution in [3.8, 4) is 17.1 Å². The maximum atomic E-state index is 14.0. The van der Waals surface area contributed by atoms with Crippen molar-refractivity contribution < 1.29 is 13.5 Å². The third kappa shape index (κ3) is 3.42. The molecule has 0 atom stereocenters. The molecular formula is C21H15F2N3O. The second-order valence-corrected chi connectivity index (χ2v) is 5.89. The van der Waals surface area contributed by atoms with Crippen LogP contribution in [-0.4, -0.2) is 17.1 Å². The molecule has 4 rings (SSSR count). The van der Waals surface area contributed by atoms with Crippen LogP contribution in [0.15, 0.2) is 66.7 Å². The van der Waals surface area contributed by atoms with Crippen LogP contribution < -0.4 is 10.1 Å². The molecule has 1 N–H and O–H groups in total. The van der Waals surface area contributed by atoms with E-state index in [0.29, 0.717) is 22.9 Å². The Bertz CT molecular complexity index is 1110. The zero-order valence-corrected chi connectivity index (χ0v) is 14.4. The average molecular weight is 363 g/mol. The quantitative estimate of drug-likeness (QED) is 0.533. The molecule has 0 spiro atoms. The van der Waals surface area contributed by atoms with Crippen LogP contribution in [0.5, 0.6) is 5.75 Å². The maximum Gasteiger partial charge on any atom is 0.167 e. The molecule has 6 heteroatoms. The molecule has 0 aliphatic heterocycles. The molecule has 0 amide bonds. The lowest BCUT2D eigenvalue weighted by molar-refractivity contribution is 0.386. The van der Waals surface area contributed by atoms with Crippen molar-refractivity contribution in [2.24, 2.45) is 0 Å². The summed E-state index contributed by atoms with van der Waals surface area (Å²) >= 11 is 0. The first-order valence-corrected chi connectivity index (χ1v) is 8.27. The van der Waals surface area contributed by atoms with Gasteiger partial charge in [0, 0.05) is 22.7 Å². The molecule has 0 saturated heterocycles. The normalized spacial score (nSPS) is 10.8. The number of fused-ring (bicyclic) bond motifs is 1. The van der Waals surface area contributed by atoms with Crippen molar-refractivity contribution in [1.82, 2.24) is 9.97 Å². The largest absolute Gasteiger partial charge is 0.494 e. The lowest BCUT2D eigenvalue weighted by Gasteiger charge is -2.12. The Morgan fingerprint density at radius 2 is 1.67 bits per heavy atom. The fourth-order valence-corrected chi connectivity index (χ4v) is 2.78. The number of para-hydroxylation sites is 1. The number of halogens is 2. The molecule has 0 aliphatic carbocycles. The number of anilines is 2. The van der Waals surface area contributed by atoms with Gasteiger partial charge in [-0.3, -0.25) is 0 Å². The van der Waals surface area contributed by atoms with Crippen molar-refractivity contribution in [2.45, 2.75) is 0 Å². The van der Waals surface area contributed by atoms with Crippen LogP contribution in [0, 0.1) is 11.6 Å². The average Bonchev–Trinajstić information content (AvgIpc) is 2.68. The highest BCUT2D eigenvalue weighted by Gasteiger charge is 2.11. The first-order valence-electron chi connectivity index (χ1n) is 8.27. The minimum Gasteiger partial charge on any atom is -0.494 e. The smallest absolute Gasteiger partial charge is 0.167 e. The van der Waals surface area contributed by atoms with Gasteiger partial charge in [-0.15, -0.1) is 0 Å². The molecule has 0 unspecified atom stereocenters. The van der Waals surface area contributed by atoms with Crippen molar-refractivity contribution in [3.63, 3.8) is 0 Å². The Balaban J connectivity index is 1.81. The van der Waals surface area contributed by atoms with Crippen molar-refractivity contribution in [3.05, 3.63) is 78.4 Å². The molecular weight excluding hydrogens is 348 g/mol. The fraction of sp³-hybridized carbons (Fsp3) is 0.0476. The lowest BCUT2D eigenvalue weighted by atomic mass is 10.1. The minimum atomic E-state index is -0.473. The van der Waals surface area contributed by atoms with Gasteiger partial charge in [-0.05, 0) is 48.5 Å². The zero-order valence-electron chi connectivity index (χ0n) is 14.4. The van der Waals surface area contributed by atoms with Crippen molar-refractivity contribution in [2.75, 3.05) is 12.4 Å². The van der Waals surface area contributed by atoms with E-state index in [1.807, 2.05) is 24.3 Å². The van der Waals surface area contributed by atoms with E-state index in [2.05, 4.69) is 15.3 Å². The van der Waals surface area contributed by atoms with E-state index < -0.39 is 5.82 Å². The van der Waals surface area contributed by atoms with Gasteiger partial charge in [0.25, 0.3) is 0 Å². The monoisotopic (exact) mass is 363 g/mol. The first kappa shape index (κ1) is 16.9. The molecule has 0 bridgehead atoms. The summed E-state index contributed by atoms with van der Waals surface area (Å²) in [5.41, 5.74) is 1.94. The SMILES string of the molecule is COc1ccc(Nc2nc(-c3ccc(F)cc3)nc3ccccc23)cc1F. The summed E-state index contributed by atoms with van der Waals surface area (Å²) < 4.78 is 32.2. The lowest BCUT2D eigenvalue weighted by Crippen LogP contribution is -2.00. The van der Waals surface area contributed by atoms with Crippen molar-refractivity contribution in [1.29, 1.82) is 0 Å².